The van der Waals surface area contributed by atoms with Gasteiger partial charge in [-0.15, -0.1) is 0 Å². The van der Waals surface area contributed by atoms with E-state index in [1.54, 1.807) is 6.92 Å². The fourth-order valence-electron chi connectivity index (χ4n) is 1.62. The van der Waals surface area contributed by atoms with Crippen molar-refractivity contribution in [3.63, 3.8) is 0 Å². The summed E-state index contributed by atoms with van der Waals surface area (Å²) in [6.45, 7) is 1.99. The van der Waals surface area contributed by atoms with Crippen LogP contribution in [0.4, 0.5) is 5.69 Å². The highest BCUT2D eigenvalue weighted by Crippen LogP contribution is 2.26. The SMILES string of the molecule is CCOC(=O)c1ccc(NS(=O)(=O)c2cc[nH]c2)c(Br)c1. The van der Waals surface area contributed by atoms with E-state index in [-0.39, 0.29) is 11.5 Å². The molecule has 0 aliphatic rings. The molecule has 0 bridgehead atoms. The lowest BCUT2D eigenvalue weighted by molar-refractivity contribution is 0.0526. The average Bonchev–Trinajstić information content (AvgIpc) is 2.96. The topological polar surface area (TPSA) is 88.3 Å². The maximum atomic E-state index is 12.1. The van der Waals surface area contributed by atoms with Crippen molar-refractivity contribution in [3.05, 3.63) is 46.7 Å². The Hall–Kier alpha value is -1.80. The summed E-state index contributed by atoms with van der Waals surface area (Å²) in [6.07, 6.45) is 2.90. The molecule has 1 heterocycles. The zero-order chi connectivity index (χ0) is 15.5. The van der Waals surface area contributed by atoms with Crippen LogP contribution in [0, 0.1) is 0 Å². The van der Waals surface area contributed by atoms with Gasteiger partial charge in [0.2, 0.25) is 0 Å². The van der Waals surface area contributed by atoms with Crippen LogP contribution in [0.3, 0.4) is 0 Å². The van der Waals surface area contributed by atoms with Crippen LogP contribution >= 0.6 is 15.9 Å². The predicted octanol–water partition coefficient (Wildman–Crippen LogP) is 2.75. The molecular formula is C13H13BrN2O4S. The Labute approximate surface area is 130 Å². The number of esters is 1. The molecule has 112 valence electrons. The fourth-order valence-corrected chi connectivity index (χ4v) is 3.28. The molecule has 2 aromatic rings. The van der Waals surface area contributed by atoms with E-state index in [2.05, 4.69) is 25.6 Å². The number of hydrogen-bond acceptors (Lipinski definition) is 4. The standard InChI is InChI=1S/C13H13BrN2O4S/c1-2-20-13(17)9-3-4-12(11(14)7-9)16-21(18,19)10-5-6-15-8-10/h3-8,15-16H,2H2,1H3. The molecule has 6 nitrogen and oxygen atoms in total. The number of rotatable bonds is 5. The Kier molecular flexibility index (Phi) is 4.69. The lowest BCUT2D eigenvalue weighted by Gasteiger charge is -2.10. The van der Waals surface area contributed by atoms with Gasteiger partial charge in [-0.25, -0.2) is 13.2 Å². The number of halogens is 1. The van der Waals surface area contributed by atoms with Gasteiger partial charge in [0.1, 0.15) is 4.90 Å². The van der Waals surface area contributed by atoms with E-state index in [1.807, 2.05) is 0 Å². The molecule has 8 heteroatoms. The van der Waals surface area contributed by atoms with Gasteiger partial charge in [-0.2, -0.15) is 0 Å². The predicted molar refractivity (Wildman–Crippen MR) is 81.7 cm³/mol. The first-order valence-corrected chi connectivity index (χ1v) is 8.34. The maximum Gasteiger partial charge on any atom is 0.338 e. The number of ether oxygens (including phenoxy) is 1. The highest BCUT2D eigenvalue weighted by atomic mass is 79.9. The average molecular weight is 373 g/mol. The lowest BCUT2D eigenvalue weighted by Crippen LogP contribution is -2.13. The van der Waals surface area contributed by atoms with Crippen molar-refractivity contribution in [1.82, 2.24) is 4.98 Å². The summed E-state index contributed by atoms with van der Waals surface area (Å²) in [6, 6.07) is 5.95. The normalized spacial score (nSPS) is 11.1. The molecule has 2 rings (SSSR count). The molecule has 1 aromatic carbocycles. The lowest BCUT2D eigenvalue weighted by atomic mass is 10.2. The highest BCUT2D eigenvalue weighted by molar-refractivity contribution is 9.10. The van der Waals surface area contributed by atoms with Gasteiger partial charge in [-0.3, -0.25) is 4.72 Å². The number of aromatic amines is 1. The number of sulfonamides is 1. The summed E-state index contributed by atoms with van der Waals surface area (Å²) in [5, 5.41) is 0. The maximum absolute atomic E-state index is 12.1. The molecular weight excluding hydrogens is 360 g/mol. The molecule has 0 aliphatic carbocycles. The molecule has 2 N–H and O–H groups in total. The molecule has 0 atom stereocenters. The third-order valence-corrected chi connectivity index (χ3v) is 4.62. The number of aromatic nitrogens is 1. The van der Waals surface area contributed by atoms with Crippen molar-refractivity contribution in [2.24, 2.45) is 0 Å². The molecule has 0 amide bonds. The number of nitrogens with one attached hydrogen (secondary N) is 2. The van der Waals surface area contributed by atoms with Gasteiger partial charge in [-0.1, -0.05) is 0 Å². The number of H-pyrrole nitrogens is 1. The zero-order valence-electron chi connectivity index (χ0n) is 11.1. The van der Waals surface area contributed by atoms with Gasteiger partial charge in [-0.05, 0) is 47.1 Å². The molecule has 1 aromatic heterocycles. The van der Waals surface area contributed by atoms with Gasteiger partial charge in [0.05, 0.1) is 17.9 Å². The first-order chi connectivity index (χ1) is 9.94. The minimum absolute atomic E-state index is 0.129. The Bertz CT molecular complexity index is 742. The van der Waals surface area contributed by atoms with Gasteiger partial charge in [0.15, 0.2) is 0 Å². The van der Waals surface area contributed by atoms with Crippen LogP contribution in [-0.2, 0) is 14.8 Å². The minimum atomic E-state index is -3.66. The molecule has 0 aliphatic heterocycles. The van der Waals surface area contributed by atoms with Crippen LogP contribution in [0.1, 0.15) is 17.3 Å². The molecule has 0 unspecified atom stereocenters. The molecule has 0 saturated carbocycles. The second-order valence-electron chi connectivity index (χ2n) is 4.07. The van der Waals surface area contributed by atoms with Crippen molar-refractivity contribution in [2.75, 3.05) is 11.3 Å². The second-order valence-corrected chi connectivity index (χ2v) is 6.60. The zero-order valence-corrected chi connectivity index (χ0v) is 13.5. The molecule has 0 saturated heterocycles. The Balaban J connectivity index is 2.24. The second kappa shape index (κ2) is 6.31. The van der Waals surface area contributed by atoms with Crippen LogP contribution in [-0.4, -0.2) is 26.0 Å². The van der Waals surface area contributed by atoms with Crippen LogP contribution in [0.25, 0.3) is 0 Å². The smallest absolute Gasteiger partial charge is 0.338 e. The van der Waals surface area contributed by atoms with Crippen LogP contribution in [0.15, 0.2) is 46.0 Å². The van der Waals surface area contributed by atoms with E-state index in [0.717, 1.165) is 0 Å². The van der Waals surface area contributed by atoms with Crippen molar-refractivity contribution in [1.29, 1.82) is 0 Å². The van der Waals surface area contributed by atoms with Crippen molar-refractivity contribution in [2.45, 2.75) is 11.8 Å². The van der Waals surface area contributed by atoms with Crippen LogP contribution < -0.4 is 4.72 Å². The first-order valence-electron chi connectivity index (χ1n) is 6.06. The molecule has 21 heavy (non-hydrogen) atoms. The van der Waals surface area contributed by atoms with E-state index < -0.39 is 16.0 Å². The first kappa shape index (κ1) is 15.6. The van der Waals surface area contributed by atoms with Crippen molar-refractivity contribution >= 4 is 37.6 Å². The van der Waals surface area contributed by atoms with Crippen molar-refractivity contribution in [3.8, 4) is 0 Å². The van der Waals surface area contributed by atoms with E-state index in [0.29, 0.717) is 15.7 Å². The van der Waals surface area contributed by atoms with Gasteiger partial charge in [0.25, 0.3) is 10.0 Å². The third kappa shape index (κ3) is 3.64. The number of benzene rings is 1. The van der Waals surface area contributed by atoms with Crippen LogP contribution in [0.2, 0.25) is 0 Å². The summed E-state index contributed by atoms with van der Waals surface area (Å²) in [7, 11) is -3.66. The summed E-state index contributed by atoms with van der Waals surface area (Å²) in [4.78, 5) is 14.4. The number of carbonyl (C=O) groups is 1. The molecule has 0 fully saturated rings. The summed E-state index contributed by atoms with van der Waals surface area (Å²) < 4.78 is 32.0. The summed E-state index contributed by atoms with van der Waals surface area (Å²) in [5.41, 5.74) is 0.678. The summed E-state index contributed by atoms with van der Waals surface area (Å²) >= 11 is 3.24. The quantitative estimate of drug-likeness (QED) is 0.789. The number of hydrogen-bond donors (Lipinski definition) is 2. The third-order valence-electron chi connectivity index (χ3n) is 2.60. The van der Waals surface area contributed by atoms with Crippen molar-refractivity contribution < 1.29 is 17.9 Å². The van der Waals surface area contributed by atoms with E-state index in [4.69, 9.17) is 4.74 Å². The fraction of sp³-hybridized carbons (Fsp3) is 0.154. The summed E-state index contributed by atoms with van der Waals surface area (Å²) in [5.74, 6) is -0.460. The highest BCUT2D eigenvalue weighted by Gasteiger charge is 2.17. The Morgan fingerprint density at radius 1 is 1.38 bits per heavy atom. The van der Waals surface area contributed by atoms with E-state index in [1.165, 1.54) is 36.7 Å². The largest absolute Gasteiger partial charge is 0.462 e. The Morgan fingerprint density at radius 3 is 2.71 bits per heavy atom. The number of anilines is 1. The van der Waals surface area contributed by atoms with Gasteiger partial charge in [0, 0.05) is 16.9 Å². The van der Waals surface area contributed by atoms with E-state index in [9.17, 15) is 13.2 Å². The molecule has 0 radical (unpaired) electrons. The Morgan fingerprint density at radius 2 is 2.14 bits per heavy atom. The van der Waals surface area contributed by atoms with E-state index >= 15 is 0 Å². The van der Waals surface area contributed by atoms with Gasteiger partial charge >= 0.3 is 5.97 Å². The minimum Gasteiger partial charge on any atom is -0.462 e. The van der Waals surface area contributed by atoms with Gasteiger partial charge < -0.3 is 9.72 Å². The monoisotopic (exact) mass is 372 g/mol. The molecule has 0 spiro atoms. The number of carbonyl (C=O) groups excluding carboxylic acids is 1. The van der Waals surface area contributed by atoms with Crippen LogP contribution in [0.5, 0.6) is 0 Å².